The molecule has 0 spiro atoms. The molecule has 1 heteroatoms. The van der Waals surface area contributed by atoms with Gasteiger partial charge in [0.05, 0.1) is 0 Å². The highest BCUT2D eigenvalue weighted by atomic mass is 28.3. The lowest BCUT2D eigenvalue weighted by Crippen LogP contribution is -2.61. The van der Waals surface area contributed by atoms with Crippen molar-refractivity contribution in [2.75, 3.05) is 0 Å². The maximum Gasteiger partial charge on any atom is 0.120 e. The second-order valence-electron chi connectivity index (χ2n) is 6.79. The number of rotatable bonds is 3. The summed E-state index contributed by atoms with van der Waals surface area (Å²) in [5.41, 5.74) is 1.42. The lowest BCUT2D eigenvalue weighted by molar-refractivity contribution is 0.734. The smallest absolute Gasteiger partial charge is 0.0626 e. The van der Waals surface area contributed by atoms with E-state index in [2.05, 4.69) is 88.8 Å². The van der Waals surface area contributed by atoms with Gasteiger partial charge < -0.3 is 0 Å². The van der Waals surface area contributed by atoms with Crippen molar-refractivity contribution in [3.05, 3.63) is 60.2 Å². The van der Waals surface area contributed by atoms with Gasteiger partial charge >= 0.3 is 0 Å². The Kier molecular flexibility index (Phi) is 4.19. The summed E-state index contributed by atoms with van der Waals surface area (Å²) in [6.07, 6.45) is 1.11. The van der Waals surface area contributed by atoms with Crippen LogP contribution in [-0.2, 0) is 6.42 Å². The Morgan fingerprint density at radius 3 is 1.75 bits per heavy atom. The lowest BCUT2D eigenvalue weighted by Gasteiger charge is -2.41. The summed E-state index contributed by atoms with van der Waals surface area (Å²) >= 11 is 0. The van der Waals surface area contributed by atoms with Crippen molar-refractivity contribution in [2.45, 2.75) is 45.7 Å². The van der Waals surface area contributed by atoms with Crippen LogP contribution in [0.2, 0.25) is 11.6 Å². The second kappa shape index (κ2) is 5.57. The Morgan fingerprint density at radius 1 is 0.800 bits per heavy atom. The van der Waals surface area contributed by atoms with E-state index in [0.29, 0.717) is 5.04 Å². The van der Waals surface area contributed by atoms with Gasteiger partial charge in [-0.3, -0.25) is 0 Å². The van der Waals surface area contributed by atoms with E-state index in [4.69, 9.17) is 0 Å². The summed E-state index contributed by atoms with van der Waals surface area (Å²) in [4.78, 5) is 0. The molecule has 0 amide bonds. The van der Waals surface area contributed by atoms with Crippen LogP contribution in [-0.4, -0.2) is 8.07 Å². The number of aryl methyl sites for hydroxylation is 1. The summed E-state index contributed by atoms with van der Waals surface area (Å²) in [7, 11) is -1.74. The summed E-state index contributed by atoms with van der Waals surface area (Å²) in [6, 6.07) is 20.4. The predicted molar refractivity (Wildman–Crippen MR) is 92.9 cm³/mol. The van der Waals surface area contributed by atoms with Gasteiger partial charge in [0.25, 0.3) is 0 Å². The highest BCUT2D eigenvalue weighted by molar-refractivity contribution is 7.03. The normalized spacial score (nSPS) is 14.8. The minimum absolute atomic E-state index is 0.294. The van der Waals surface area contributed by atoms with Crippen LogP contribution < -0.4 is 10.4 Å². The second-order valence-corrected chi connectivity index (χ2v) is 11.7. The molecular formula is C19H26Si. The zero-order valence-corrected chi connectivity index (χ0v) is 14.4. The molecule has 0 N–H and O–H groups in total. The fraction of sp³-hybridized carbons (Fsp3) is 0.368. The largest absolute Gasteiger partial charge is 0.120 e. The minimum Gasteiger partial charge on any atom is -0.0626 e. The Bertz CT molecular complexity index is 549. The van der Waals surface area contributed by atoms with Crippen LogP contribution in [0.4, 0.5) is 0 Å². The van der Waals surface area contributed by atoms with E-state index in [1.807, 2.05) is 0 Å². The third kappa shape index (κ3) is 2.60. The van der Waals surface area contributed by atoms with Gasteiger partial charge in [0.1, 0.15) is 8.07 Å². The first kappa shape index (κ1) is 15.1. The summed E-state index contributed by atoms with van der Waals surface area (Å²) in [6.45, 7) is 11.9. The van der Waals surface area contributed by atoms with Gasteiger partial charge in [-0.1, -0.05) is 99.2 Å². The maximum atomic E-state index is 2.50. The van der Waals surface area contributed by atoms with Crippen molar-refractivity contribution in [1.82, 2.24) is 0 Å². The van der Waals surface area contributed by atoms with Crippen molar-refractivity contribution >= 4 is 18.4 Å². The molecule has 0 aliphatic rings. The molecule has 0 nitrogen and oxygen atoms in total. The zero-order valence-electron chi connectivity index (χ0n) is 13.4. The molecule has 0 saturated carbocycles. The quantitative estimate of drug-likeness (QED) is 0.739. The SMILES string of the molecule is CCc1ccc([Si](C)(c2ccccc2)C(C)(C)C)cc1. The van der Waals surface area contributed by atoms with Crippen LogP contribution >= 0.6 is 0 Å². The fourth-order valence-corrected chi connectivity index (χ4v) is 6.64. The topological polar surface area (TPSA) is 0 Å². The third-order valence-corrected chi connectivity index (χ3v) is 10.8. The van der Waals surface area contributed by atoms with Gasteiger partial charge in [0.15, 0.2) is 0 Å². The molecule has 2 rings (SSSR count). The minimum atomic E-state index is -1.74. The summed E-state index contributed by atoms with van der Waals surface area (Å²) in [5, 5.41) is 3.35. The van der Waals surface area contributed by atoms with Gasteiger partial charge in [0, 0.05) is 0 Å². The van der Waals surface area contributed by atoms with Crippen LogP contribution in [0.5, 0.6) is 0 Å². The molecule has 0 aliphatic heterocycles. The molecule has 0 bridgehead atoms. The number of benzene rings is 2. The van der Waals surface area contributed by atoms with E-state index < -0.39 is 8.07 Å². The van der Waals surface area contributed by atoms with Gasteiger partial charge in [-0.2, -0.15) is 0 Å². The first-order valence-corrected chi connectivity index (χ1v) is 10.0. The van der Waals surface area contributed by atoms with Crippen molar-refractivity contribution < 1.29 is 0 Å². The number of hydrogen-bond donors (Lipinski definition) is 0. The van der Waals surface area contributed by atoms with Crippen molar-refractivity contribution in [3.8, 4) is 0 Å². The third-order valence-electron chi connectivity index (χ3n) is 4.79. The van der Waals surface area contributed by atoms with E-state index in [-0.39, 0.29) is 0 Å². The molecule has 0 heterocycles. The molecule has 1 unspecified atom stereocenters. The molecule has 20 heavy (non-hydrogen) atoms. The Hall–Kier alpha value is -1.34. The van der Waals surface area contributed by atoms with Crippen molar-refractivity contribution in [1.29, 1.82) is 0 Å². The van der Waals surface area contributed by atoms with Gasteiger partial charge in [-0.15, -0.1) is 0 Å². The van der Waals surface area contributed by atoms with Gasteiger partial charge in [0.2, 0.25) is 0 Å². The van der Waals surface area contributed by atoms with E-state index in [1.165, 1.54) is 15.9 Å². The first-order chi connectivity index (χ1) is 9.39. The molecular weight excluding hydrogens is 256 g/mol. The van der Waals surface area contributed by atoms with Crippen LogP contribution in [0.3, 0.4) is 0 Å². The monoisotopic (exact) mass is 282 g/mol. The van der Waals surface area contributed by atoms with Gasteiger partial charge in [-0.25, -0.2) is 0 Å². The Balaban J connectivity index is 2.58. The average Bonchev–Trinajstić information content (AvgIpc) is 2.46. The number of hydrogen-bond acceptors (Lipinski definition) is 0. The van der Waals surface area contributed by atoms with E-state index in [0.717, 1.165) is 6.42 Å². The fourth-order valence-electron chi connectivity index (χ4n) is 2.88. The zero-order chi connectivity index (χ0) is 14.8. The molecule has 1 atom stereocenters. The Morgan fingerprint density at radius 2 is 1.30 bits per heavy atom. The van der Waals surface area contributed by atoms with Crippen LogP contribution in [0.1, 0.15) is 33.3 Å². The molecule has 0 aromatic heterocycles. The summed E-state index contributed by atoms with van der Waals surface area (Å²) < 4.78 is 0. The highest BCUT2D eigenvalue weighted by Gasteiger charge is 2.42. The highest BCUT2D eigenvalue weighted by Crippen LogP contribution is 2.35. The molecule has 0 aliphatic carbocycles. The van der Waals surface area contributed by atoms with Gasteiger partial charge in [-0.05, 0) is 17.0 Å². The van der Waals surface area contributed by atoms with Crippen LogP contribution in [0.15, 0.2) is 54.6 Å². The molecule has 2 aromatic carbocycles. The lowest BCUT2D eigenvalue weighted by atomic mass is 10.2. The molecule has 0 saturated heterocycles. The van der Waals surface area contributed by atoms with Crippen molar-refractivity contribution in [2.24, 2.45) is 0 Å². The molecule has 2 aromatic rings. The van der Waals surface area contributed by atoms with E-state index in [1.54, 1.807) is 0 Å². The summed E-state index contributed by atoms with van der Waals surface area (Å²) in [5.74, 6) is 0. The van der Waals surface area contributed by atoms with Crippen LogP contribution in [0, 0.1) is 0 Å². The van der Waals surface area contributed by atoms with E-state index >= 15 is 0 Å². The molecule has 0 fully saturated rings. The molecule has 0 radical (unpaired) electrons. The average molecular weight is 283 g/mol. The van der Waals surface area contributed by atoms with Crippen LogP contribution in [0.25, 0.3) is 0 Å². The molecule has 106 valence electrons. The Labute approximate surface area is 124 Å². The van der Waals surface area contributed by atoms with E-state index in [9.17, 15) is 0 Å². The maximum absolute atomic E-state index is 2.50. The van der Waals surface area contributed by atoms with Crippen molar-refractivity contribution in [3.63, 3.8) is 0 Å². The first-order valence-electron chi connectivity index (χ1n) is 7.54. The standard InChI is InChI=1S/C19H26Si/c1-6-16-12-14-18(15-13-16)20(5,19(2,3)4)17-10-8-7-9-11-17/h7-15H,6H2,1-5H3. The predicted octanol–water partition coefficient (Wildman–Crippen LogP) is 4.24.